The lowest BCUT2D eigenvalue weighted by Crippen LogP contribution is -2.18. The van der Waals surface area contributed by atoms with Gasteiger partial charge in [-0.2, -0.15) is 18.4 Å². The zero-order valence-corrected chi connectivity index (χ0v) is 12.7. The summed E-state index contributed by atoms with van der Waals surface area (Å²) < 4.78 is 42.3. The molecule has 1 unspecified atom stereocenters. The van der Waals surface area contributed by atoms with Crippen LogP contribution in [0.1, 0.15) is 18.4 Å². The quantitative estimate of drug-likeness (QED) is 0.718. The number of hydrogen-bond acceptors (Lipinski definition) is 4. The number of hydrogen-bond donors (Lipinski definition) is 0. The Morgan fingerprint density at radius 1 is 1.33 bits per heavy atom. The molecule has 1 aromatic rings. The van der Waals surface area contributed by atoms with Gasteiger partial charge in [-0.25, -0.2) is 0 Å². The summed E-state index contributed by atoms with van der Waals surface area (Å²) >= 11 is 5.71. The number of alkyl halides is 3. The summed E-state index contributed by atoms with van der Waals surface area (Å²) in [6.45, 7) is 0.307. The normalized spacial score (nSPS) is 12.5. The zero-order chi connectivity index (χ0) is 15.7. The van der Waals surface area contributed by atoms with Crippen LogP contribution in [-0.2, 0) is 11.2 Å². The number of benzene rings is 1. The fraction of sp³-hybridized carbons (Fsp3) is 0.429. The van der Waals surface area contributed by atoms with Crippen molar-refractivity contribution in [1.29, 1.82) is 5.26 Å². The summed E-state index contributed by atoms with van der Waals surface area (Å²) in [5.41, 5.74) is 1.06. The van der Waals surface area contributed by atoms with Crippen LogP contribution >= 0.6 is 24.0 Å². The van der Waals surface area contributed by atoms with E-state index < -0.39 is 17.8 Å². The second-order valence-corrected chi connectivity index (χ2v) is 6.16. The minimum atomic E-state index is -4.31. The standard InChI is InChI=1S/C14H14F3NOS2/c15-14(16,17)10-12(6-8-18)21-13(20)19-9-7-11-4-2-1-3-5-11/h1-5,12H,6-7,9-10H2. The Hall–Kier alpha value is -1.26. The van der Waals surface area contributed by atoms with E-state index in [0.717, 1.165) is 17.3 Å². The summed E-state index contributed by atoms with van der Waals surface area (Å²) in [5, 5.41) is 7.64. The van der Waals surface area contributed by atoms with E-state index in [-0.39, 0.29) is 10.8 Å². The molecule has 0 aliphatic carbocycles. The number of thiocarbonyl (C=S) groups is 1. The van der Waals surface area contributed by atoms with Crippen LogP contribution in [0.5, 0.6) is 0 Å². The topological polar surface area (TPSA) is 33.0 Å². The average Bonchev–Trinajstić information content (AvgIpc) is 2.38. The Labute approximate surface area is 131 Å². The molecule has 114 valence electrons. The van der Waals surface area contributed by atoms with Crippen LogP contribution in [0.3, 0.4) is 0 Å². The van der Waals surface area contributed by atoms with Gasteiger partial charge in [-0.1, -0.05) is 42.1 Å². The fourth-order valence-corrected chi connectivity index (χ4v) is 2.93. The van der Waals surface area contributed by atoms with Crippen molar-refractivity contribution in [3.8, 4) is 6.07 Å². The van der Waals surface area contributed by atoms with E-state index in [1.807, 2.05) is 30.3 Å². The van der Waals surface area contributed by atoms with Crippen LogP contribution < -0.4 is 0 Å². The van der Waals surface area contributed by atoms with Crippen LogP contribution in [-0.4, -0.2) is 22.4 Å². The van der Waals surface area contributed by atoms with E-state index in [1.165, 1.54) is 0 Å². The molecule has 0 aliphatic rings. The Kier molecular flexibility index (Phi) is 7.54. The lowest BCUT2D eigenvalue weighted by atomic mass is 10.2. The Balaban J connectivity index is 2.35. The lowest BCUT2D eigenvalue weighted by molar-refractivity contribution is -0.133. The highest BCUT2D eigenvalue weighted by Crippen LogP contribution is 2.30. The molecule has 0 aliphatic heterocycles. The largest absolute Gasteiger partial charge is 0.478 e. The monoisotopic (exact) mass is 333 g/mol. The first kappa shape index (κ1) is 17.8. The maximum Gasteiger partial charge on any atom is 0.390 e. The molecule has 0 saturated carbocycles. The van der Waals surface area contributed by atoms with Crippen molar-refractivity contribution in [1.82, 2.24) is 0 Å². The van der Waals surface area contributed by atoms with E-state index in [2.05, 4.69) is 0 Å². The molecule has 0 heterocycles. The molecular formula is C14H14F3NOS2. The molecule has 21 heavy (non-hydrogen) atoms. The molecule has 1 rings (SSSR count). The van der Waals surface area contributed by atoms with Crippen molar-refractivity contribution < 1.29 is 17.9 Å². The lowest BCUT2D eigenvalue weighted by Gasteiger charge is -2.16. The molecule has 0 bridgehead atoms. The minimum absolute atomic E-state index is 0.0513. The molecule has 1 atom stereocenters. The molecule has 0 radical (unpaired) electrons. The summed E-state index contributed by atoms with van der Waals surface area (Å²) in [6.07, 6.45) is -4.95. The van der Waals surface area contributed by atoms with Crippen molar-refractivity contribution in [2.45, 2.75) is 30.7 Å². The van der Waals surface area contributed by atoms with Gasteiger partial charge in [-0.05, 0) is 17.8 Å². The summed E-state index contributed by atoms with van der Waals surface area (Å²) in [4.78, 5) is 0. The highest BCUT2D eigenvalue weighted by atomic mass is 32.2. The highest BCUT2D eigenvalue weighted by Gasteiger charge is 2.32. The number of ether oxygens (including phenoxy) is 1. The Morgan fingerprint density at radius 2 is 2.00 bits per heavy atom. The van der Waals surface area contributed by atoms with E-state index in [4.69, 9.17) is 22.2 Å². The van der Waals surface area contributed by atoms with Gasteiger partial charge in [-0.15, -0.1) is 0 Å². The van der Waals surface area contributed by atoms with Crippen molar-refractivity contribution in [2.75, 3.05) is 6.61 Å². The van der Waals surface area contributed by atoms with Crippen molar-refractivity contribution in [3.63, 3.8) is 0 Å². The molecule has 0 spiro atoms. The second kappa shape index (κ2) is 8.90. The molecule has 0 amide bonds. The fourth-order valence-electron chi connectivity index (χ4n) is 1.58. The van der Waals surface area contributed by atoms with E-state index in [0.29, 0.717) is 13.0 Å². The van der Waals surface area contributed by atoms with Gasteiger partial charge in [0.25, 0.3) is 0 Å². The molecule has 0 saturated heterocycles. The molecule has 1 aromatic carbocycles. The maximum absolute atomic E-state index is 12.3. The Morgan fingerprint density at radius 3 is 2.57 bits per heavy atom. The van der Waals surface area contributed by atoms with E-state index >= 15 is 0 Å². The first-order valence-corrected chi connectivity index (χ1v) is 7.50. The third-order valence-electron chi connectivity index (χ3n) is 2.49. The van der Waals surface area contributed by atoms with Crippen molar-refractivity contribution >= 4 is 28.4 Å². The molecule has 0 N–H and O–H groups in total. The van der Waals surface area contributed by atoms with Gasteiger partial charge >= 0.3 is 6.18 Å². The maximum atomic E-state index is 12.3. The predicted molar refractivity (Wildman–Crippen MR) is 81.0 cm³/mol. The first-order chi connectivity index (χ1) is 9.90. The summed E-state index contributed by atoms with van der Waals surface area (Å²) in [5.74, 6) is 0. The zero-order valence-electron chi connectivity index (χ0n) is 11.1. The number of nitrogens with zero attached hydrogens (tertiary/aromatic N) is 1. The van der Waals surface area contributed by atoms with Crippen LogP contribution in [0, 0.1) is 11.3 Å². The summed E-state index contributed by atoms with van der Waals surface area (Å²) in [6, 6.07) is 11.3. The van der Waals surface area contributed by atoms with Crippen molar-refractivity contribution in [3.05, 3.63) is 35.9 Å². The third kappa shape index (κ3) is 8.58. The van der Waals surface area contributed by atoms with Crippen LogP contribution in [0.15, 0.2) is 30.3 Å². The van der Waals surface area contributed by atoms with Crippen LogP contribution in [0.2, 0.25) is 0 Å². The van der Waals surface area contributed by atoms with Gasteiger partial charge in [-0.3, -0.25) is 0 Å². The van der Waals surface area contributed by atoms with Gasteiger partial charge in [0.1, 0.15) is 0 Å². The summed E-state index contributed by atoms with van der Waals surface area (Å²) in [7, 11) is 0. The third-order valence-corrected chi connectivity index (χ3v) is 3.88. The van der Waals surface area contributed by atoms with Crippen LogP contribution in [0.4, 0.5) is 13.2 Å². The van der Waals surface area contributed by atoms with Crippen molar-refractivity contribution in [2.24, 2.45) is 0 Å². The van der Waals surface area contributed by atoms with E-state index in [9.17, 15) is 13.2 Å². The second-order valence-electron chi connectivity index (χ2n) is 4.26. The van der Waals surface area contributed by atoms with Gasteiger partial charge in [0.05, 0.1) is 19.1 Å². The number of rotatable bonds is 6. The number of halogens is 3. The highest BCUT2D eigenvalue weighted by molar-refractivity contribution is 8.23. The minimum Gasteiger partial charge on any atom is -0.478 e. The Bertz CT molecular complexity index is 485. The van der Waals surface area contributed by atoms with Gasteiger partial charge < -0.3 is 4.74 Å². The number of thioether (sulfide) groups is 1. The van der Waals surface area contributed by atoms with Gasteiger partial charge in [0.15, 0.2) is 0 Å². The first-order valence-electron chi connectivity index (χ1n) is 6.22. The average molecular weight is 333 g/mol. The number of nitriles is 1. The molecule has 2 nitrogen and oxygen atoms in total. The molecule has 7 heteroatoms. The molecular weight excluding hydrogens is 319 g/mol. The predicted octanol–water partition coefficient (Wildman–Crippen LogP) is 4.50. The smallest absolute Gasteiger partial charge is 0.390 e. The van der Waals surface area contributed by atoms with Gasteiger partial charge in [0.2, 0.25) is 4.38 Å². The van der Waals surface area contributed by atoms with Crippen LogP contribution in [0.25, 0.3) is 0 Å². The van der Waals surface area contributed by atoms with E-state index in [1.54, 1.807) is 6.07 Å². The molecule has 0 fully saturated rings. The van der Waals surface area contributed by atoms with Gasteiger partial charge in [0, 0.05) is 18.1 Å². The molecule has 0 aromatic heterocycles. The SMILES string of the molecule is N#CCC(CC(F)(F)F)SC(=S)OCCc1ccccc1.